The van der Waals surface area contributed by atoms with Gasteiger partial charge in [0, 0.05) is 65.2 Å². The summed E-state index contributed by atoms with van der Waals surface area (Å²) in [5.74, 6) is 1.53. The Bertz CT molecular complexity index is 542. The van der Waals surface area contributed by atoms with Gasteiger partial charge in [0.2, 0.25) is 5.88 Å². The van der Waals surface area contributed by atoms with Crippen LogP contribution in [0.5, 0.6) is 5.88 Å². The Hall–Kier alpha value is -1.86. The molecule has 0 atom stereocenters. The van der Waals surface area contributed by atoms with E-state index in [1.54, 1.807) is 7.11 Å². The summed E-state index contributed by atoms with van der Waals surface area (Å²) in [5, 5.41) is 6.92. The average Bonchev–Trinajstić information content (AvgIpc) is 2.71. The van der Waals surface area contributed by atoms with Gasteiger partial charge in [-0.15, -0.1) is 0 Å². The van der Waals surface area contributed by atoms with Crippen LogP contribution in [-0.4, -0.2) is 68.9 Å². The van der Waals surface area contributed by atoms with Crippen LogP contribution in [0.1, 0.15) is 38.2 Å². The molecule has 0 spiro atoms. The van der Waals surface area contributed by atoms with Crippen LogP contribution in [0.25, 0.3) is 0 Å². The number of aliphatic imine (C=N–C) groups is 1. The highest BCUT2D eigenvalue weighted by atomic mass is 16.5. The number of hydrogen-bond donors (Lipinski definition) is 2. The largest absolute Gasteiger partial charge is 0.478 e. The quantitative estimate of drug-likeness (QED) is 0.369. The Morgan fingerprint density at radius 2 is 2.11 bits per heavy atom. The second-order valence-corrected chi connectivity index (χ2v) is 6.89. The smallest absolute Gasteiger partial charge is 0.213 e. The highest BCUT2D eigenvalue weighted by Crippen LogP contribution is 2.11. The van der Waals surface area contributed by atoms with E-state index in [1.807, 2.05) is 25.4 Å². The lowest BCUT2D eigenvalue weighted by atomic mass is 10.1. The fourth-order valence-corrected chi connectivity index (χ4v) is 3.11. The highest BCUT2D eigenvalue weighted by Gasteiger charge is 2.19. The molecule has 0 radical (unpaired) electrons. The minimum absolute atomic E-state index is 0.470. The molecule has 1 aromatic rings. The first kappa shape index (κ1) is 21.4. The van der Waals surface area contributed by atoms with Gasteiger partial charge in [-0.25, -0.2) is 4.98 Å². The first-order chi connectivity index (χ1) is 13.2. The van der Waals surface area contributed by atoms with Crippen molar-refractivity contribution >= 4 is 5.96 Å². The van der Waals surface area contributed by atoms with E-state index in [2.05, 4.69) is 32.4 Å². The molecule has 0 bridgehead atoms. The van der Waals surface area contributed by atoms with E-state index in [-0.39, 0.29) is 0 Å². The first-order valence-electron chi connectivity index (χ1n) is 10.0. The van der Waals surface area contributed by atoms with Crippen LogP contribution in [-0.2, 0) is 11.3 Å². The number of methoxy groups -OCH3 is 1. The predicted molar refractivity (Wildman–Crippen MR) is 109 cm³/mol. The molecule has 7 heteroatoms. The standard InChI is InChI=1S/C20H35N5O2/c1-4-13-27-19-7-6-17(15-22-19)16-23-20(21-2)24-18-8-11-25(12-9-18)10-5-14-26-3/h6-7,15,18H,4-5,8-14,16H2,1-3H3,(H2,21,23,24). The third-order valence-electron chi connectivity index (χ3n) is 4.69. The number of nitrogens with one attached hydrogen (secondary N) is 2. The molecule has 0 unspecified atom stereocenters. The zero-order valence-corrected chi connectivity index (χ0v) is 17.0. The number of guanidine groups is 1. The minimum Gasteiger partial charge on any atom is -0.478 e. The van der Waals surface area contributed by atoms with E-state index in [1.165, 1.54) is 0 Å². The number of rotatable bonds is 10. The second kappa shape index (κ2) is 12.5. The van der Waals surface area contributed by atoms with Crippen LogP contribution in [0.3, 0.4) is 0 Å². The molecule has 2 N–H and O–H groups in total. The van der Waals surface area contributed by atoms with Crippen LogP contribution in [0, 0.1) is 0 Å². The van der Waals surface area contributed by atoms with Gasteiger partial charge in [-0.2, -0.15) is 0 Å². The maximum absolute atomic E-state index is 5.52. The van der Waals surface area contributed by atoms with E-state index in [0.29, 0.717) is 25.1 Å². The summed E-state index contributed by atoms with van der Waals surface area (Å²) in [4.78, 5) is 11.2. The maximum Gasteiger partial charge on any atom is 0.213 e. The SMILES string of the molecule is CCCOc1ccc(CNC(=NC)NC2CCN(CCCOC)CC2)cn1. The Morgan fingerprint density at radius 1 is 1.30 bits per heavy atom. The predicted octanol–water partition coefficient (Wildman–Crippen LogP) is 2.04. The van der Waals surface area contributed by atoms with Crippen LogP contribution in [0.2, 0.25) is 0 Å². The Balaban J connectivity index is 1.69. The molecule has 0 amide bonds. The third-order valence-corrected chi connectivity index (χ3v) is 4.69. The minimum atomic E-state index is 0.470. The van der Waals surface area contributed by atoms with E-state index < -0.39 is 0 Å². The van der Waals surface area contributed by atoms with Crippen LogP contribution >= 0.6 is 0 Å². The lowest BCUT2D eigenvalue weighted by molar-refractivity contribution is 0.155. The van der Waals surface area contributed by atoms with Crippen molar-refractivity contribution in [3.8, 4) is 5.88 Å². The Kier molecular flexibility index (Phi) is 9.94. The van der Waals surface area contributed by atoms with Gasteiger partial charge in [-0.1, -0.05) is 13.0 Å². The molecule has 1 saturated heterocycles. The number of hydrogen-bond acceptors (Lipinski definition) is 5. The van der Waals surface area contributed by atoms with Gasteiger partial charge < -0.3 is 25.0 Å². The van der Waals surface area contributed by atoms with Crippen molar-refractivity contribution in [2.45, 2.75) is 45.2 Å². The summed E-state index contributed by atoms with van der Waals surface area (Å²) in [5.41, 5.74) is 1.11. The molecule has 1 aliphatic rings. The molecule has 1 aliphatic heterocycles. The topological polar surface area (TPSA) is 71.0 Å². The zero-order valence-electron chi connectivity index (χ0n) is 17.0. The zero-order chi connectivity index (χ0) is 19.3. The third kappa shape index (κ3) is 8.13. The molecule has 2 rings (SSSR count). The van der Waals surface area contributed by atoms with Crippen molar-refractivity contribution in [3.05, 3.63) is 23.9 Å². The molecule has 1 fully saturated rings. The van der Waals surface area contributed by atoms with E-state index in [0.717, 1.165) is 63.4 Å². The van der Waals surface area contributed by atoms with Gasteiger partial charge in [0.15, 0.2) is 5.96 Å². The molecular formula is C20H35N5O2. The molecule has 2 heterocycles. The summed E-state index contributed by atoms with van der Waals surface area (Å²) >= 11 is 0. The van der Waals surface area contributed by atoms with Crippen molar-refractivity contribution < 1.29 is 9.47 Å². The molecule has 0 aromatic carbocycles. The summed E-state index contributed by atoms with van der Waals surface area (Å²) in [6.07, 6.45) is 6.22. The molecule has 152 valence electrons. The lowest BCUT2D eigenvalue weighted by Gasteiger charge is -2.33. The summed E-state index contributed by atoms with van der Waals surface area (Å²) in [7, 11) is 3.58. The van der Waals surface area contributed by atoms with E-state index in [4.69, 9.17) is 9.47 Å². The maximum atomic E-state index is 5.52. The molecular weight excluding hydrogens is 342 g/mol. The van der Waals surface area contributed by atoms with Crippen molar-refractivity contribution in [2.24, 2.45) is 4.99 Å². The lowest BCUT2D eigenvalue weighted by Crippen LogP contribution is -2.48. The number of ether oxygens (including phenoxy) is 2. The van der Waals surface area contributed by atoms with Crippen molar-refractivity contribution in [1.82, 2.24) is 20.5 Å². The van der Waals surface area contributed by atoms with E-state index >= 15 is 0 Å². The fraction of sp³-hybridized carbons (Fsp3) is 0.700. The molecule has 1 aromatic heterocycles. The van der Waals surface area contributed by atoms with Gasteiger partial charge in [-0.3, -0.25) is 4.99 Å². The molecule has 27 heavy (non-hydrogen) atoms. The number of piperidine rings is 1. The number of pyridine rings is 1. The number of likely N-dealkylation sites (tertiary alicyclic amines) is 1. The van der Waals surface area contributed by atoms with Gasteiger partial charge >= 0.3 is 0 Å². The Labute approximate surface area is 163 Å². The van der Waals surface area contributed by atoms with Crippen molar-refractivity contribution in [3.63, 3.8) is 0 Å². The first-order valence-corrected chi connectivity index (χ1v) is 10.0. The van der Waals surface area contributed by atoms with Gasteiger partial charge in [0.1, 0.15) is 0 Å². The van der Waals surface area contributed by atoms with Gasteiger partial charge in [0.05, 0.1) is 6.61 Å². The molecule has 7 nitrogen and oxygen atoms in total. The normalized spacial score (nSPS) is 16.3. The summed E-state index contributed by atoms with van der Waals surface area (Å²) in [6.45, 7) is 7.70. The van der Waals surface area contributed by atoms with Crippen molar-refractivity contribution in [2.75, 3.05) is 47.0 Å². The van der Waals surface area contributed by atoms with Gasteiger partial charge in [-0.05, 0) is 31.2 Å². The summed E-state index contributed by atoms with van der Waals surface area (Å²) < 4.78 is 10.7. The van der Waals surface area contributed by atoms with Crippen molar-refractivity contribution in [1.29, 1.82) is 0 Å². The monoisotopic (exact) mass is 377 g/mol. The molecule has 0 saturated carbocycles. The van der Waals surface area contributed by atoms with Crippen LogP contribution < -0.4 is 15.4 Å². The van der Waals surface area contributed by atoms with Crippen LogP contribution in [0.15, 0.2) is 23.3 Å². The average molecular weight is 378 g/mol. The highest BCUT2D eigenvalue weighted by molar-refractivity contribution is 5.79. The van der Waals surface area contributed by atoms with Gasteiger partial charge in [0.25, 0.3) is 0 Å². The second-order valence-electron chi connectivity index (χ2n) is 6.89. The number of nitrogens with zero attached hydrogens (tertiary/aromatic N) is 3. The molecule has 0 aliphatic carbocycles. The number of aromatic nitrogens is 1. The van der Waals surface area contributed by atoms with E-state index in [9.17, 15) is 0 Å². The fourth-order valence-electron chi connectivity index (χ4n) is 3.11. The Morgan fingerprint density at radius 3 is 2.74 bits per heavy atom. The van der Waals surface area contributed by atoms with Crippen LogP contribution in [0.4, 0.5) is 0 Å². The summed E-state index contributed by atoms with van der Waals surface area (Å²) in [6, 6.07) is 4.43.